The van der Waals surface area contributed by atoms with Gasteiger partial charge in [-0.1, -0.05) is 24.3 Å². The molecular weight excluding hydrogens is 362 g/mol. The number of nitrogens with one attached hydrogen (secondary N) is 1. The Bertz CT molecular complexity index is 878. The Morgan fingerprint density at radius 3 is 2.83 bits per heavy atom. The number of allylic oxidation sites excluding steroid dienone is 2. The number of morpholine rings is 1. The zero-order valence-electron chi connectivity index (χ0n) is 17.4. The molecule has 2 aliphatic rings. The van der Waals surface area contributed by atoms with Gasteiger partial charge in [0.25, 0.3) is 0 Å². The van der Waals surface area contributed by atoms with E-state index >= 15 is 0 Å². The van der Waals surface area contributed by atoms with Gasteiger partial charge < -0.3 is 9.72 Å². The van der Waals surface area contributed by atoms with Crippen LogP contribution in [0.4, 0.5) is 0 Å². The van der Waals surface area contributed by atoms with E-state index in [1.54, 1.807) is 6.20 Å². The zero-order chi connectivity index (χ0) is 20.1. The van der Waals surface area contributed by atoms with Gasteiger partial charge in [-0.2, -0.15) is 0 Å². The summed E-state index contributed by atoms with van der Waals surface area (Å²) < 4.78 is 5.45. The molecule has 0 bridgehead atoms. The van der Waals surface area contributed by atoms with Crippen molar-refractivity contribution in [2.24, 2.45) is 0 Å². The van der Waals surface area contributed by atoms with Crippen LogP contribution in [0.5, 0.6) is 0 Å². The average molecular weight is 394 g/mol. The van der Waals surface area contributed by atoms with Crippen LogP contribution in [0.3, 0.4) is 0 Å². The van der Waals surface area contributed by atoms with Crippen LogP contribution in [0.2, 0.25) is 0 Å². The monoisotopic (exact) mass is 393 g/mol. The molecule has 1 aromatic carbocycles. The Morgan fingerprint density at radius 1 is 1.24 bits per heavy atom. The van der Waals surface area contributed by atoms with Gasteiger partial charge in [-0.3, -0.25) is 9.69 Å². The average Bonchev–Trinajstić information content (AvgIpc) is 3.21. The molecule has 1 aromatic heterocycles. The van der Waals surface area contributed by atoms with Crippen LogP contribution < -0.4 is 0 Å². The van der Waals surface area contributed by atoms with Crippen LogP contribution in [-0.2, 0) is 17.6 Å². The van der Waals surface area contributed by atoms with Crippen LogP contribution in [0.1, 0.15) is 58.7 Å². The van der Waals surface area contributed by atoms with Crippen molar-refractivity contribution in [3.8, 4) is 0 Å². The minimum Gasteiger partial charge on any atom is -0.379 e. The molecule has 2 aromatic rings. The van der Waals surface area contributed by atoms with Crippen molar-refractivity contribution in [3.05, 3.63) is 58.7 Å². The molecule has 5 nitrogen and oxygen atoms in total. The number of aromatic amines is 1. The summed E-state index contributed by atoms with van der Waals surface area (Å²) in [5.74, 6) is 0.513. The molecule has 1 N–H and O–H groups in total. The van der Waals surface area contributed by atoms with E-state index in [1.165, 1.54) is 29.5 Å². The highest BCUT2D eigenvalue weighted by molar-refractivity contribution is 5.95. The van der Waals surface area contributed by atoms with Crippen molar-refractivity contribution in [1.29, 1.82) is 0 Å². The van der Waals surface area contributed by atoms with E-state index in [1.807, 2.05) is 6.92 Å². The quantitative estimate of drug-likeness (QED) is 0.723. The number of hydrogen-bond donors (Lipinski definition) is 1. The Morgan fingerprint density at radius 2 is 2.10 bits per heavy atom. The van der Waals surface area contributed by atoms with Crippen molar-refractivity contribution in [3.63, 3.8) is 0 Å². The van der Waals surface area contributed by atoms with E-state index < -0.39 is 0 Å². The maximum Gasteiger partial charge on any atom is 0.202 e. The predicted octanol–water partition coefficient (Wildman–Crippen LogP) is 3.98. The SMILES string of the molecule is Cc1cnc(C(=O)Cc2ccc(CCN3CCOCC3)cc2C2=CCCCC2)[nH]1. The lowest BCUT2D eigenvalue weighted by Crippen LogP contribution is -2.37. The Labute approximate surface area is 173 Å². The summed E-state index contributed by atoms with van der Waals surface area (Å²) in [6.07, 6.45) is 10.2. The number of benzene rings is 1. The zero-order valence-corrected chi connectivity index (χ0v) is 17.4. The van der Waals surface area contributed by atoms with Crippen molar-refractivity contribution in [2.75, 3.05) is 32.8 Å². The van der Waals surface area contributed by atoms with E-state index in [0.29, 0.717) is 12.2 Å². The molecule has 1 saturated heterocycles. The number of carbonyl (C=O) groups excluding carboxylic acids is 1. The highest BCUT2D eigenvalue weighted by Gasteiger charge is 2.17. The number of imidazole rings is 1. The molecule has 154 valence electrons. The third kappa shape index (κ3) is 5.22. The number of rotatable bonds is 7. The largest absolute Gasteiger partial charge is 0.379 e. The van der Waals surface area contributed by atoms with E-state index in [9.17, 15) is 4.79 Å². The number of H-pyrrole nitrogens is 1. The molecule has 1 aliphatic carbocycles. The number of ketones is 1. The van der Waals surface area contributed by atoms with Gasteiger partial charge in [0.05, 0.1) is 13.2 Å². The minimum absolute atomic E-state index is 0.0526. The van der Waals surface area contributed by atoms with E-state index in [4.69, 9.17) is 4.74 Å². The lowest BCUT2D eigenvalue weighted by atomic mass is 9.87. The first kappa shape index (κ1) is 20.0. The van der Waals surface area contributed by atoms with Gasteiger partial charge in [0, 0.05) is 37.9 Å². The fraction of sp³-hybridized carbons (Fsp3) is 0.500. The van der Waals surface area contributed by atoms with Crippen LogP contribution in [-0.4, -0.2) is 53.5 Å². The standard InChI is InChI=1S/C24H31N3O2/c1-18-17-25-24(26-18)23(28)16-21-8-7-19(9-10-27-11-13-29-14-12-27)15-22(21)20-5-3-2-4-6-20/h5,7-8,15,17H,2-4,6,9-14,16H2,1H3,(H,25,26). The van der Waals surface area contributed by atoms with Crippen molar-refractivity contribution >= 4 is 11.4 Å². The number of Topliss-reactive ketones (excluding diaryl/α,β-unsaturated/α-hetero) is 1. The first-order valence-electron chi connectivity index (χ1n) is 10.8. The van der Waals surface area contributed by atoms with Gasteiger partial charge >= 0.3 is 0 Å². The molecule has 0 spiro atoms. The fourth-order valence-electron chi connectivity index (χ4n) is 4.24. The number of ether oxygens (including phenoxy) is 1. The highest BCUT2D eigenvalue weighted by Crippen LogP contribution is 2.30. The minimum atomic E-state index is 0.0526. The molecule has 0 radical (unpaired) electrons. The van der Waals surface area contributed by atoms with Crippen molar-refractivity contribution in [2.45, 2.75) is 45.4 Å². The van der Waals surface area contributed by atoms with Crippen LogP contribution >= 0.6 is 0 Å². The maximum absolute atomic E-state index is 12.7. The normalized spacial score (nSPS) is 17.9. The topological polar surface area (TPSA) is 58.2 Å². The third-order valence-corrected chi connectivity index (χ3v) is 5.95. The van der Waals surface area contributed by atoms with E-state index in [2.05, 4.69) is 39.1 Å². The Hall–Kier alpha value is -2.24. The second kappa shape index (κ2) is 9.51. The molecule has 0 saturated carbocycles. The van der Waals surface area contributed by atoms with Crippen LogP contribution in [0.15, 0.2) is 30.5 Å². The summed E-state index contributed by atoms with van der Waals surface area (Å²) in [4.78, 5) is 22.5. The predicted molar refractivity (Wildman–Crippen MR) is 115 cm³/mol. The summed E-state index contributed by atoms with van der Waals surface area (Å²) in [5, 5.41) is 0. The number of aryl methyl sites for hydroxylation is 1. The molecule has 1 fully saturated rings. The fourth-order valence-corrected chi connectivity index (χ4v) is 4.24. The first-order chi connectivity index (χ1) is 14.2. The number of hydrogen-bond acceptors (Lipinski definition) is 4. The molecule has 0 atom stereocenters. The molecule has 1 aliphatic heterocycles. The maximum atomic E-state index is 12.7. The highest BCUT2D eigenvalue weighted by atomic mass is 16.5. The number of carbonyl (C=O) groups is 1. The van der Waals surface area contributed by atoms with Gasteiger partial charge in [-0.25, -0.2) is 4.98 Å². The van der Waals surface area contributed by atoms with Crippen molar-refractivity contribution < 1.29 is 9.53 Å². The van der Waals surface area contributed by atoms with Crippen LogP contribution in [0, 0.1) is 6.92 Å². The second-order valence-electron chi connectivity index (χ2n) is 8.19. The molecular formula is C24H31N3O2. The Balaban J connectivity index is 1.53. The lowest BCUT2D eigenvalue weighted by molar-refractivity contribution is 0.0384. The molecule has 0 unspecified atom stereocenters. The molecule has 2 heterocycles. The van der Waals surface area contributed by atoms with Gasteiger partial charge in [-0.15, -0.1) is 0 Å². The lowest BCUT2D eigenvalue weighted by Gasteiger charge is -2.26. The summed E-state index contributed by atoms with van der Waals surface area (Å²) >= 11 is 0. The summed E-state index contributed by atoms with van der Waals surface area (Å²) in [7, 11) is 0. The van der Waals surface area contributed by atoms with E-state index in [-0.39, 0.29) is 5.78 Å². The number of nitrogens with zero attached hydrogens (tertiary/aromatic N) is 2. The van der Waals surface area contributed by atoms with E-state index in [0.717, 1.165) is 63.4 Å². The van der Waals surface area contributed by atoms with Crippen LogP contribution in [0.25, 0.3) is 5.57 Å². The smallest absolute Gasteiger partial charge is 0.202 e. The second-order valence-corrected chi connectivity index (χ2v) is 8.19. The molecule has 4 rings (SSSR count). The van der Waals surface area contributed by atoms with Gasteiger partial charge in [0.15, 0.2) is 5.82 Å². The van der Waals surface area contributed by atoms with Crippen molar-refractivity contribution in [1.82, 2.24) is 14.9 Å². The number of aromatic nitrogens is 2. The molecule has 0 amide bonds. The summed E-state index contributed by atoms with van der Waals surface area (Å²) in [6.45, 7) is 6.70. The van der Waals surface area contributed by atoms with Gasteiger partial charge in [0.2, 0.25) is 5.78 Å². The third-order valence-electron chi connectivity index (χ3n) is 5.95. The van der Waals surface area contributed by atoms with Gasteiger partial charge in [-0.05, 0) is 61.3 Å². The summed E-state index contributed by atoms with van der Waals surface area (Å²) in [6, 6.07) is 6.68. The summed E-state index contributed by atoms with van der Waals surface area (Å²) in [5.41, 5.74) is 6.06. The molecule has 5 heteroatoms. The van der Waals surface area contributed by atoms with Gasteiger partial charge in [0.1, 0.15) is 0 Å². The first-order valence-corrected chi connectivity index (χ1v) is 10.8. The Kier molecular flexibility index (Phi) is 6.57. The molecule has 29 heavy (non-hydrogen) atoms.